The molecular weight excluding hydrogens is 561 g/mol. The molecule has 0 saturated carbocycles. The van der Waals surface area contributed by atoms with Crippen LogP contribution in [0, 0.1) is 5.92 Å². The summed E-state index contributed by atoms with van der Waals surface area (Å²) >= 11 is 2.86. The summed E-state index contributed by atoms with van der Waals surface area (Å²) in [7, 11) is -4.01. The van der Waals surface area contributed by atoms with Crippen molar-refractivity contribution in [1.82, 2.24) is 0 Å². The van der Waals surface area contributed by atoms with Crippen LogP contribution in [0.1, 0.15) is 22.0 Å². The standard InChI is InChI=1S/C30H24N4O3S3/c35-23-18-33(21-8-2-1-3-9-21)30(39-19-23)32-40(36,37)24-14-12-22(13-15-24)34-29(27-11-6-16-38-27)26-17-20-7-4-5-10-25(20)28(26)31-34/h1-16,26,29H,17-19H2/b32-30-. The molecule has 7 rings (SSSR count). The van der Waals surface area contributed by atoms with Crippen LogP contribution in [0.25, 0.3) is 0 Å². The van der Waals surface area contributed by atoms with Crippen molar-refractivity contribution in [1.29, 1.82) is 0 Å². The molecule has 3 aliphatic rings. The number of hydrazone groups is 1. The number of nitrogens with zero attached hydrogens (tertiary/aromatic N) is 4. The van der Waals surface area contributed by atoms with Crippen molar-refractivity contribution in [3.63, 3.8) is 0 Å². The summed E-state index contributed by atoms with van der Waals surface area (Å²) in [4.78, 5) is 15.1. The Morgan fingerprint density at radius 3 is 2.42 bits per heavy atom. The molecule has 1 aliphatic carbocycles. The Kier molecular flexibility index (Phi) is 6.33. The van der Waals surface area contributed by atoms with Gasteiger partial charge in [-0.1, -0.05) is 60.3 Å². The zero-order valence-corrected chi connectivity index (χ0v) is 23.7. The van der Waals surface area contributed by atoms with E-state index in [-0.39, 0.29) is 34.9 Å². The van der Waals surface area contributed by atoms with Crippen molar-refractivity contribution in [2.24, 2.45) is 15.4 Å². The Hall–Kier alpha value is -3.73. The number of Topliss-reactive ketones (excluding diaryl/α,β-unsaturated/α-hetero) is 1. The molecule has 0 N–H and O–H groups in total. The van der Waals surface area contributed by atoms with Crippen molar-refractivity contribution in [2.45, 2.75) is 17.4 Å². The van der Waals surface area contributed by atoms with Gasteiger partial charge in [0.05, 0.1) is 34.6 Å². The van der Waals surface area contributed by atoms with Crippen molar-refractivity contribution >= 4 is 61.2 Å². The first-order valence-corrected chi connectivity index (χ1v) is 16.2. The molecule has 0 radical (unpaired) electrons. The third kappa shape index (κ3) is 4.46. The van der Waals surface area contributed by atoms with Gasteiger partial charge in [0, 0.05) is 22.0 Å². The number of fused-ring (bicyclic) bond motifs is 3. The van der Waals surface area contributed by atoms with Gasteiger partial charge in [0.15, 0.2) is 11.0 Å². The maximum absolute atomic E-state index is 13.4. The Balaban J connectivity index is 1.21. The van der Waals surface area contributed by atoms with Gasteiger partial charge in [0.2, 0.25) is 0 Å². The lowest BCUT2D eigenvalue weighted by Crippen LogP contribution is -2.40. The monoisotopic (exact) mass is 584 g/mol. The molecule has 200 valence electrons. The van der Waals surface area contributed by atoms with E-state index in [4.69, 9.17) is 5.10 Å². The molecule has 1 fully saturated rings. The molecule has 3 aromatic carbocycles. The van der Waals surface area contributed by atoms with Crippen LogP contribution in [0.15, 0.2) is 111 Å². The lowest BCUT2D eigenvalue weighted by Gasteiger charge is -2.28. The number of anilines is 2. The number of thiophene rings is 1. The highest BCUT2D eigenvalue weighted by Gasteiger charge is 2.44. The molecule has 0 amide bonds. The fourth-order valence-corrected chi connectivity index (χ4v) is 8.52. The van der Waals surface area contributed by atoms with Gasteiger partial charge in [0.25, 0.3) is 10.0 Å². The number of para-hydroxylation sites is 1. The van der Waals surface area contributed by atoms with Gasteiger partial charge in [-0.3, -0.25) is 9.80 Å². The summed E-state index contributed by atoms with van der Waals surface area (Å²) in [6, 6.07) is 28.7. The van der Waals surface area contributed by atoms with E-state index < -0.39 is 10.0 Å². The average Bonchev–Trinajstić information content (AvgIpc) is 3.71. The minimum absolute atomic E-state index is 0.0227. The van der Waals surface area contributed by atoms with Crippen LogP contribution in [-0.2, 0) is 21.2 Å². The summed E-state index contributed by atoms with van der Waals surface area (Å²) in [6.07, 6.45) is 0.927. The normalized spacial score (nSPS) is 21.4. The molecule has 2 atom stereocenters. The quantitative estimate of drug-likeness (QED) is 0.297. The largest absolute Gasteiger partial charge is 0.313 e. The summed E-state index contributed by atoms with van der Waals surface area (Å²) in [5.41, 5.74) is 5.15. The van der Waals surface area contributed by atoms with Gasteiger partial charge in [-0.15, -0.1) is 15.7 Å². The number of carbonyl (C=O) groups is 1. The van der Waals surface area contributed by atoms with E-state index in [1.54, 1.807) is 40.5 Å². The molecule has 2 unspecified atom stereocenters. The molecule has 7 nitrogen and oxygen atoms in total. The Morgan fingerprint density at radius 1 is 0.875 bits per heavy atom. The van der Waals surface area contributed by atoms with E-state index in [0.717, 1.165) is 35.3 Å². The first kappa shape index (κ1) is 25.3. The fourth-order valence-electron chi connectivity index (χ4n) is 5.54. The number of rotatable bonds is 5. The summed E-state index contributed by atoms with van der Waals surface area (Å²) in [6.45, 7) is 0.0913. The fraction of sp³-hybridized carbons (Fsp3) is 0.167. The van der Waals surface area contributed by atoms with Crippen molar-refractivity contribution in [2.75, 3.05) is 22.2 Å². The molecule has 0 spiro atoms. The van der Waals surface area contributed by atoms with E-state index in [0.29, 0.717) is 5.17 Å². The number of hydrogen-bond acceptors (Lipinski definition) is 7. The number of benzene rings is 3. The number of amidine groups is 1. The van der Waals surface area contributed by atoms with Crippen molar-refractivity contribution < 1.29 is 13.2 Å². The zero-order chi connectivity index (χ0) is 27.3. The molecule has 4 aromatic rings. The second-order valence-electron chi connectivity index (χ2n) is 9.85. The molecule has 1 saturated heterocycles. The molecule has 40 heavy (non-hydrogen) atoms. The molecule has 2 aliphatic heterocycles. The van der Waals surface area contributed by atoms with E-state index in [1.807, 2.05) is 41.4 Å². The Bertz CT molecular complexity index is 1750. The minimum Gasteiger partial charge on any atom is -0.313 e. The highest BCUT2D eigenvalue weighted by atomic mass is 32.2. The topological polar surface area (TPSA) is 82.4 Å². The van der Waals surface area contributed by atoms with Gasteiger partial charge in [-0.2, -0.15) is 13.5 Å². The molecule has 3 heterocycles. The highest BCUT2D eigenvalue weighted by molar-refractivity contribution is 8.15. The minimum atomic E-state index is -4.01. The Morgan fingerprint density at radius 2 is 1.65 bits per heavy atom. The van der Waals surface area contributed by atoms with Crippen LogP contribution < -0.4 is 9.91 Å². The van der Waals surface area contributed by atoms with E-state index in [1.165, 1.54) is 16.0 Å². The summed E-state index contributed by atoms with van der Waals surface area (Å²) in [5.74, 6) is 0.454. The number of thioether (sulfide) groups is 1. The summed E-state index contributed by atoms with van der Waals surface area (Å²) in [5, 5.41) is 9.48. The predicted molar refractivity (Wildman–Crippen MR) is 162 cm³/mol. The molecule has 10 heteroatoms. The van der Waals surface area contributed by atoms with Gasteiger partial charge >= 0.3 is 0 Å². The van der Waals surface area contributed by atoms with Crippen molar-refractivity contribution in [3.05, 3.63) is 112 Å². The van der Waals surface area contributed by atoms with Crippen LogP contribution in [-0.4, -0.2) is 37.4 Å². The predicted octanol–water partition coefficient (Wildman–Crippen LogP) is 5.75. The summed E-state index contributed by atoms with van der Waals surface area (Å²) < 4.78 is 30.9. The van der Waals surface area contributed by atoms with Crippen molar-refractivity contribution in [3.8, 4) is 0 Å². The molecular formula is C30H24N4O3S3. The Labute approximate surface area is 240 Å². The van der Waals surface area contributed by atoms with Gasteiger partial charge in [0.1, 0.15) is 0 Å². The van der Waals surface area contributed by atoms with E-state index in [9.17, 15) is 13.2 Å². The number of ketones is 1. The van der Waals surface area contributed by atoms with Crippen LogP contribution in [0.3, 0.4) is 0 Å². The third-order valence-corrected chi connectivity index (χ3v) is 10.7. The number of sulfonamides is 1. The first-order chi connectivity index (χ1) is 19.5. The lowest BCUT2D eigenvalue weighted by atomic mass is 9.94. The van der Waals surface area contributed by atoms with Crippen LogP contribution in [0.5, 0.6) is 0 Å². The zero-order valence-electron chi connectivity index (χ0n) is 21.3. The SMILES string of the molecule is O=C1CS/C(=N\S(=O)(=O)c2ccc(N3N=C4c5ccccc5CC4C3c3cccs3)cc2)N(c2ccccc2)C1. The second kappa shape index (κ2) is 10.0. The van der Waals surface area contributed by atoms with Gasteiger partial charge < -0.3 is 4.90 Å². The maximum Gasteiger partial charge on any atom is 0.284 e. The second-order valence-corrected chi connectivity index (χ2v) is 13.4. The van der Waals surface area contributed by atoms with E-state index >= 15 is 0 Å². The van der Waals surface area contributed by atoms with E-state index in [2.05, 4.69) is 40.1 Å². The average molecular weight is 585 g/mol. The number of hydrogen-bond donors (Lipinski definition) is 0. The van der Waals surface area contributed by atoms with Crippen LogP contribution in [0.4, 0.5) is 11.4 Å². The van der Waals surface area contributed by atoms with Gasteiger partial charge in [-0.25, -0.2) is 0 Å². The maximum atomic E-state index is 13.4. The lowest BCUT2D eigenvalue weighted by molar-refractivity contribution is -0.115. The molecule has 0 bridgehead atoms. The molecule has 1 aromatic heterocycles. The van der Waals surface area contributed by atoms with Gasteiger partial charge in [-0.05, 0) is 59.8 Å². The first-order valence-electron chi connectivity index (χ1n) is 12.9. The highest BCUT2D eigenvalue weighted by Crippen LogP contribution is 2.47. The third-order valence-electron chi connectivity index (χ3n) is 7.37. The smallest absolute Gasteiger partial charge is 0.284 e. The van der Waals surface area contributed by atoms with Crippen LogP contribution in [0.2, 0.25) is 0 Å². The van der Waals surface area contributed by atoms with Crippen LogP contribution >= 0.6 is 23.1 Å². The number of carbonyl (C=O) groups excluding carboxylic acids is 1.